The summed E-state index contributed by atoms with van der Waals surface area (Å²) in [5, 5.41) is 0. The van der Waals surface area contributed by atoms with E-state index in [1.807, 2.05) is 0 Å². The Balaban J connectivity index is 2.56. The lowest BCUT2D eigenvalue weighted by molar-refractivity contribution is 0.0605. The molecule has 4 heteroatoms. The smallest absolute Gasteiger partial charge is 0.434 e. The van der Waals surface area contributed by atoms with Crippen molar-refractivity contribution in [3.8, 4) is 0 Å². The molecule has 15 heavy (non-hydrogen) atoms. The van der Waals surface area contributed by atoms with Crippen molar-refractivity contribution in [2.75, 3.05) is 0 Å². The molecular formula is C11H14N2O2. The highest BCUT2D eigenvalue weighted by molar-refractivity contribution is 5.88. The van der Waals surface area contributed by atoms with Gasteiger partial charge in [-0.05, 0) is 26.8 Å². The van der Waals surface area contributed by atoms with Crippen LogP contribution >= 0.6 is 0 Å². The standard InChI is InChI=1S/C11H14N2O2/c1-11(2,3)15-10(14)13-8-9-5-4-6-12-7-9/h4-8H,1-3H3/b13-8+. The van der Waals surface area contributed by atoms with E-state index in [4.69, 9.17) is 4.74 Å². The van der Waals surface area contributed by atoms with Crippen LogP contribution in [0.2, 0.25) is 0 Å². The molecule has 1 rings (SSSR count). The number of nitrogens with zero attached hydrogens (tertiary/aromatic N) is 2. The van der Waals surface area contributed by atoms with Crippen molar-refractivity contribution in [2.24, 2.45) is 4.99 Å². The van der Waals surface area contributed by atoms with E-state index in [-0.39, 0.29) is 0 Å². The van der Waals surface area contributed by atoms with Gasteiger partial charge in [-0.2, -0.15) is 4.99 Å². The van der Waals surface area contributed by atoms with E-state index < -0.39 is 11.7 Å². The van der Waals surface area contributed by atoms with Crippen LogP contribution in [0.5, 0.6) is 0 Å². The number of hydrogen-bond donors (Lipinski definition) is 0. The molecule has 80 valence electrons. The molecule has 0 aromatic carbocycles. The number of rotatable bonds is 1. The molecule has 0 saturated heterocycles. The van der Waals surface area contributed by atoms with Crippen molar-refractivity contribution in [2.45, 2.75) is 26.4 Å². The summed E-state index contributed by atoms with van der Waals surface area (Å²) in [6.45, 7) is 5.39. The zero-order chi connectivity index (χ0) is 11.3. The summed E-state index contributed by atoms with van der Waals surface area (Å²) in [5.74, 6) is 0. The Hall–Kier alpha value is -1.71. The second kappa shape index (κ2) is 4.68. The van der Waals surface area contributed by atoms with Crippen molar-refractivity contribution < 1.29 is 9.53 Å². The van der Waals surface area contributed by atoms with Crippen LogP contribution in [-0.2, 0) is 4.74 Å². The lowest BCUT2D eigenvalue weighted by atomic mass is 10.2. The number of aliphatic imine (C=N–C) groups is 1. The third kappa shape index (κ3) is 4.90. The van der Waals surface area contributed by atoms with Crippen molar-refractivity contribution in [3.63, 3.8) is 0 Å². The predicted octanol–water partition coefficient (Wildman–Crippen LogP) is 2.44. The van der Waals surface area contributed by atoms with Gasteiger partial charge in [0.1, 0.15) is 5.60 Å². The van der Waals surface area contributed by atoms with Gasteiger partial charge in [-0.3, -0.25) is 4.98 Å². The Morgan fingerprint density at radius 3 is 2.80 bits per heavy atom. The highest BCUT2D eigenvalue weighted by Crippen LogP contribution is 2.07. The van der Waals surface area contributed by atoms with Crippen LogP contribution in [0.25, 0.3) is 0 Å². The van der Waals surface area contributed by atoms with Crippen molar-refractivity contribution in [1.82, 2.24) is 4.98 Å². The third-order valence-electron chi connectivity index (χ3n) is 1.40. The fourth-order valence-corrected chi connectivity index (χ4v) is 0.868. The molecule has 0 unspecified atom stereocenters. The van der Waals surface area contributed by atoms with Gasteiger partial charge in [0.25, 0.3) is 0 Å². The molecule has 1 aromatic heterocycles. The Morgan fingerprint density at radius 1 is 1.53 bits per heavy atom. The first-order valence-corrected chi connectivity index (χ1v) is 4.64. The predicted molar refractivity (Wildman–Crippen MR) is 58.1 cm³/mol. The zero-order valence-electron chi connectivity index (χ0n) is 9.10. The fourth-order valence-electron chi connectivity index (χ4n) is 0.868. The molecule has 0 aliphatic rings. The largest absolute Gasteiger partial charge is 0.442 e. The van der Waals surface area contributed by atoms with Crippen LogP contribution in [0.1, 0.15) is 26.3 Å². The maximum Gasteiger partial charge on any atom is 0.434 e. The Morgan fingerprint density at radius 2 is 2.27 bits per heavy atom. The monoisotopic (exact) mass is 206 g/mol. The molecule has 0 bridgehead atoms. The Labute approximate surface area is 89.0 Å². The molecule has 0 aliphatic heterocycles. The molecule has 1 heterocycles. The lowest BCUT2D eigenvalue weighted by Gasteiger charge is -2.16. The summed E-state index contributed by atoms with van der Waals surface area (Å²) in [6, 6.07) is 3.58. The number of carbonyl (C=O) groups is 1. The lowest BCUT2D eigenvalue weighted by Crippen LogP contribution is -2.21. The molecule has 1 aromatic rings. The van der Waals surface area contributed by atoms with Gasteiger partial charge in [0.05, 0.1) is 0 Å². The van der Waals surface area contributed by atoms with Gasteiger partial charge in [0, 0.05) is 24.2 Å². The van der Waals surface area contributed by atoms with E-state index in [2.05, 4.69) is 9.98 Å². The van der Waals surface area contributed by atoms with Gasteiger partial charge in [-0.15, -0.1) is 0 Å². The van der Waals surface area contributed by atoms with Crippen LogP contribution < -0.4 is 0 Å². The summed E-state index contributed by atoms with van der Waals surface area (Å²) >= 11 is 0. The molecule has 4 nitrogen and oxygen atoms in total. The molecule has 0 atom stereocenters. The van der Waals surface area contributed by atoms with Gasteiger partial charge >= 0.3 is 6.09 Å². The molecule has 0 fully saturated rings. The first-order chi connectivity index (χ1) is 6.97. The normalized spacial score (nSPS) is 11.7. The van der Waals surface area contributed by atoms with E-state index in [9.17, 15) is 4.79 Å². The second-order valence-corrected chi connectivity index (χ2v) is 4.02. The van der Waals surface area contributed by atoms with Gasteiger partial charge in [-0.25, -0.2) is 4.79 Å². The maximum atomic E-state index is 11.2. The fraction of sp³-hybridized carbons (Fsp3) is 0.364. The number of pyridine rings is 1. The first-order valence-electron chi connectivity index (χ1n) is 4.64. The Kier molecular flexibility index (Phi) is 3.55. The minimum atomic E-state index is -0.591. The number of ether oxygens (including phenoxy) is 1. The number of carbonyl (C=O) groups excluding carboxylic acids is 1. The molecule has 0 N–H and O–H groups in total. The summed E-state index contributed by atoms with van der Waals surface area (Å²) in [6.07, 6.45) is 4.12. The SMILES string of the molecule is CC(C)(C)OC(=O)/N=C/c1cccnc1. The van der Waals surface area contributed by atoms with Crippen LogP contribution in [-0.4, -0.2) is 22.9 Å². The average molecular weight is 206 g/mol. The van der Waals surface area contributed by atoms with E-state index >= 15 is 0 Å². The van der Waals surface area contributed by atoms with E-state index in [0.717, 1.165) is 5.56 Å². The van der Waals surface area contributed by atoms with E-state index in [0.29, 0.717) is 0 Å². The molecule has 0 radical (unpaired) electrons. The number of aromatic nitrogens is 1. The first kappa shape index (κ1) is 11.4. The second-order valence-electron chi connectivity index (χ2n) is 4.02. The zero-order valence-corrected chi connectivity index (χ0v) is 9.10. The van der Waals surface area contributed by atoms with Gasteiger partial charge in [-0.1, -0.05) is 6.07 Å². The average Bonchev–Trinajstić information content (AvgIpc) is 2.14. The van der Waals surface area contributed by atoms with E-state index in [1.165, 1.54) is 6.21 Å². The number of hydrogen-bond acceptors (Lipinski definition) is 3. The van der Waals surface area contributed by atoms with Crippen molar-refractivity contribution >= 4 is 12.3 Å². The Bertz CT molecular complexity index is 353. The third-order valence-corrected chi connectivity index (χ3v) is 1.40. The minimum Gasteiger partial charge on any atom is -0.442 e. The molecular weight excluding hydrogens is 192 g/mol. The summed E-state index contributed by atoms with van der Waals surface area (Å²) in [7, 11) is 0. The van der Waals surface area contributed by atoms with Gasteiger partial charge in [0.15, 0.2) is 0 Å². The summed E-state index contributed by atoms with van der Waals surface area (Å²) in [5.41, 5.74) is 0.256. The molecule has 0 saturated carbocycles. The number of amides is 1. The summed E-state index contributed by atoms with van der Waals surface area (Å²) in [4.78, 5) is 18.7. The quantitative estimate of drug-likeness (QED) is 0.663. The summed E-state index contributed by atoms with van der Waals surface area (Å²) < 4.78 is 5.00. The van der Waals surface area contributed by atoms with E-state index in [1.54, 1.807) is 45.3 Å². The van der Waals surface area contributed by atoms with Crippen LogP contribution in [0.4, 0.5) is 4.79 Å². The highest BCUT2D eigenvalue weighted by Gasteiger charge is 2.14. The van der Waals surface area contributed by atoms with Crippen molar-refractivity contribution in [3.05, 3.63) is 30.1 Å². The van der Waals surface area contributed by atoms with Gasteiger partial charge < -0.3 is 4.74 Å². The van der Waals surface area contributed by atoms with Gasteiger partial charge in [0.2, 0.25) is 0 Å². The van der Waals surface area contributed by atoms with Crippen LogP contribution in [0.15, 0.2) is 29.5 Å². The minimum absolute atomic E-state index is 0.511. The maximum absolute atomic E-state index is 11.2. The molecule has 0 aliphatic carbocycles. The van der Waals surface area contributed by atoms with Crippen LogP contribution in [0.3, 0.4) is 0 Å². The van der Waals surface area contributed by atoms with Crippen molar-refractivity contribution in [1.29, 1.82) is 0 Å². The van der Waals surface area contributed by atoms with Crippen LogP contribution in [0, 0.1) is 0 Å². The molecule has 0 spiro atoms. The molecule has 1 amide bonds. The highest BCUT2D eigenvalue weighted by atomic mass is 16.6. The topological polar surface area (TPSA) is 51.5 Å².